The Morgan fingerprint density at radius 2 is 1.86 bits per heavy atom. The number of allylic oxidation sites excluding steroid dienone is 1. The van der Waals surface area contributed by atoms with Crippen LogP contribution in [-0.2, 0) is 9.59 Å². The van der Waals surface area contributed by atoms with Gasteiger partial charge in [0.05, 0.1) is 10.5 Å². The second-order valence-corrected chi connectivity index (χ2v) is 5.87. The van der Waals surface area contributed by atoms with Crippen LogP contribution in [0.25, 0.3) is 0 Å². The fourth-order valence-electron chi connectivity index (χ4n) is 2.30. The van der Waals surface area contributed by atoms with Crippen LogP contribution in [0.4, 0.5) is 11.4 Å². The molecule has 1 N–H and O–H groups in total. The molecule has 1 aliphatic rings. The van der Waals surface area contributed by atoms with Crippen LogP contribution in [0, 0.1) is 15.5 Å². The van der Waals surface area contributed by atoms with E-state index in [1.165, 1.54) is 24.4 Å². The van der Waals surface area contributed by atoms with Crippen molar-refractivity contribution in [3.8, 4) is 0 Å². The molecule has 0 radical (unpaired) electrons. The number of nitro benzene ring substituents is 1. The van der Waals surface area contributed by atoms with Crippen molar-refractivity contribution in [2.24, 2.45) is 5.41 Å². The molecule has 21 heavy (non-hydrogen) atoms. The van der Waals surface area contributed by atoms with Gasteiger partial charge in [0.1, 0.15) is 0 Å². The predicted molar refractivity (Wildman–Crippen MR) is 77.8 cm³/mol. The molecule has 1 saturated carbocycles. The summed E-state index contributed by atoms with van der Waals surface area (Å²) >= 11 is 0. The highest BCUT2D eigenvalue weighted by Gasteiger charge is 2.35. The van der Waals surface area contributed by atoms with E-state index in [4.69, 9.17) is 0 Å². The van der Waals surface area contributed by atoms with Gasteiger partial charge in [-0.05, 0) is 11.5 Å². The van der Waals surface area contributed by atoms with Gasteiger partial charge in [-0.25, -0.2) is 0 Å². The van der Waals surface area contributed by atoms with Gasteiger partial charge in [-0.15, -0.1) is 0 Å². The van der Waals surface area contributed by atoms with Crippen LogP contribution in [0.2, 0.25) is 0 Å². The molecule has 0 amide bonds. The van der Waals surface area contributed by atoms with Gasteiger partial charge in [-0.3, -0.25) is 19.7 Å². The topological polar surface area (TPSA) is 89.3 Å². The number of benzene rings is 1. The monoisotopic (exact) mass is 288 g/mol. The number of nitro groups is 1. The van der Waals surface area contributed by atoms with E-state index in [1.807, 2.05) is 13.8 Å². The van der Waals surface area contributed by atoms with E-state index >= 15 is 0 Å². The zero-order valence-electron chi connectivity index (χ0n) is 11.9. The van der Waals surface area contributed by atoms with Gasteiger partial charge in [0.15, 0.2) is 11.6 Å². The average molecular weight is 288 g/mol. The second kappa shape index (κ2) is 5.47. The smallest absolute Gasteiger partial charge is 0.271 e. The number of non-ortho nitro benzene ring substituents is 1. The lowest BCUT2D eigenvalue weighted by Crippen LogP contribution is -2.31. The number of nitrogens with zero attached hydrogens (tertiary/aromatic N) is 1. The Morgan fingerprint density at radius 1 is 1.24 bits per heavy atom. The van der Waals surface area contributed by atoms with E-state index in [0.717, 1.165) is 0 Å². The summed E-state index contributed by atoms with van der Waals surface area (Å²) in [6.07, 6.45) is 1.99. The van der Waals surface area contributed by atoms with Crippen molar-refractivity contribution >= 4 is 22.9 Å². The molecule has 2 rings (SSSR count). The lowest BCUT2D eigenvalue weighted by molar-refractivity contribution is -0.384. The molecule has 0 aliphatic heterocycles. The predicted octanol–water partition coefficient (Wildman–Crippen LogP) is 2.85. The molecule has 0 unspecified atom stereocenters. The van der Waals surface area contributed by atoms with Crippen LogP contribution >= 0.6 is 0 Å². The molecule has 0 bridgehead atoms. The maximum Gasteiger partial charge on any atom is 0.271 e. The molecule has 0 atom stereocenters. The zero-order chi connectivity index (χ0) is 15.6. The van der Waals surface area contributed by atoms with Crippen LogP contribution in [-0.4, -0.2) is 16.5 Å². The van der Waals surface area contributed by atoms with Crippen LogP contribution in [0.5, 0.6) is 0 Å². The summed E-state index contributed by atoms with van der Waals surface area (Å²) in [5, 5.41) is 13.5. The maximum atomic E-state index is 12.0. The lowest BCUT2D eigenvalue weighted by Gasteiger charge is -2.28. The van der Waals surface area contributed by atoms with E-state index in [1.54, 1.807) is 6.07 Å². The van der Waals surface area contributed by atoms with E-state index in [9.17, 15) is 19.7 Å². The van der Waals surface area contributed by atoms with E-state index in [2.05, 4.69) is 5.32 Å². The molecule has 6 nitrogen and oxygen atoms in total. The number of anilines is 1. The summed E-state index contributed by atoms with van der Waals surface area (Å²) in [6, 6.07) is 5.88. The summed E-state index contributed by atoms with van der Waals surface area (Å²) in [5.41, 5.74) is 0.223. The Balaban J connectivity index is 2.18. The Hall–Kier alpha value is -2.50. The molecule has 6 heteroatoms. The molecule has 1 aromatic carbocycles. The van der Waals surface area contributed by atoms with Crippen LogP contribution in [0.1, 0.15) is 26.7 Å². The van der Waals surface area contributed by atoms with Gasteiger partial charge in [-0.1, -0.05) is 19.9 Å². The fraction of sp³-hybridized carbons (Fsp3) is 0.333. The molecule has 1 fully saturated rings. The summed E-state index contributed by atoms with van der Waals surface area (Å²) in [4.78, 5) is 34.1. The fourth-order valence-corrected chi connectivity index (χ4v) is 2.30. The minimum Gasteiger partial charge on any atom is -0.361 e. The molecule has 110 valence electrons. The van der Waals surface area contributed by atoms with Gasteiger partial charge in [0.2, 0.25) is 0 Å². The van der Waals surface area contributed by atoms with Crippen molar-refractivity contribution in [3.05, 3.63) is 46.2 Å². The first kappa shape index (κ1) is 14.9. The SMILES string of the molecule is CC1(C)CC(=O)C(=CNc2cccc([N+](=O)[O-])c2)C(=O)C1. The minimum atomic E-state index is -0.502. The Morgan fingerprint density at radius 3 is 2.43 bits per heavy atom. The highest BCUT2D eigenvalue weighted by molar-refractivity contribution is 6.22. The molecule has 1 aromatic rings. The van der Waals surface area contributed by atoms with Crippen LogP contribution in [0.15, 0.2) is 36.0 Å². The van der Waals surface area contributed by atoms with E-state index in [0.29, 0.717) is 18.5 Å². The molecular formula is C15H16N2O4. The Kier molecular flexibility index (Phi) is 3.88. The van der Waals surface area contributed by atoms with Crippen molar-refractivity contribution in [1.29, 1.82) is 0 Å². The van der Waals surface area contributed by atoms with Crippen molar-refractivity contribution < 1.29 is 14.5 Å². The molecule has 0 aromatic heterocycles. The number of hydrogen-bond donors (Lipinski definition) is 1. The van der Waals surface area contributed by atoms with E-state index in [-0.39, 0.29) is 28.2 Å². The number of carbonyl (C=O) groups is 2. The Bertz CT molecular complexity index is 625. The first-order valence-corrected chi connectivity index (χ1v) is 6.56. The second-order valence-electron chi connectivity index (χ2n) is 5.87. The first-order valence-electron chi connectivity index (χ1n) is 6.56. The molecule has 0 saturated heterocycles. The first-order chi connectivity index (χ1) is 9.78. The molecule has 0 heterocycles. The summed E-state index contributed by atoms with van der Waals surface area (Å²) < 4.78 is 0. The quantitative estimate of drug-likeness (QED) is 0.400. The van der Waals surface area contributed by atoms with Gasteiger partial charge in [0.25, 0.3) is 5.69 Å². The number of hydrogen-bond acceptors (Lipinski definition) is 5. The number of rotatable bonds is 3. The highest BCUT2D eigenvalue weighted by Crippen LogP contribution is 2.33. The summed E-state index contributed by atoms with van der Waals surface area (Å²) in [6.45, 7) is 3.77. The van der Waals surface area contributed by atoms with Crippen LogP contribution in [0.3, 0.4) is 0 Å². The lowest BCUT2D eigenvalue weighted by atomic mass is 9.74. The molecular weight excluding hydrogens is 272 g/mol. The average Bonchev–Trinajstić information content (AvgIpc) is 2.36. The molecule has 1 aliphatic carbocycles. The molecule has 0 spiro atoms. The van der Waals surface area contributed by atoms with Gasteiger partial charge in [0, 0.05) is 36.9 Å². The number of nitrogens with one attached hydrogen (secondary N) is 1. The van der Waals surface area contributed by atoms with Crippen molar-refractivity contribution in [3.63, 3.8) is 0 Å². The van der Waals surface area contributed by atoms with Gasteiger partial charge < -0.3 is 5.32 Å². The summed E-state index contributed by atoms with van der Waals surface area (Å²) in [5.74, 6) is -0.400. The van der Waals surface area contributed by atoms with Crippen molar-refractivity contribution in [2.75, 3.05) is 5.32 Å². The summed E-state index contributed by atoms with van der Waals surface area (Å²) in [7, 11) is 0. The van der Waals surface area contributed by atoms with Crippen molar-refractivity contribution in [2.45, 2.75) is 26.7 Å². The van der Waals surface area contributed by atoms with Crippen LogP contribution < -0.4 is 5.32 Å². The van der Waals surface area contributed by atoms with Gasteiger partial charge in [-0.2, -0.15) is 0 Å². The third-order valence-corrected chi connectivity index (χ3v) is 3.32. The minimum absolute atomic E-state index is 0.0548. The third kappa shape index (κ3) is 3.53. The largest absolute Gasteiger partial charge is 0.361 e. The highest BCUT2D eigenvalue weighted by atomic mass is 16.6. The normalized spacial score (nSPS) is 17.5. The Labute approximate surface area is 122 Å². The number of Topliss-reactive ketones (excluding diaryl/α,β-unsaturated/α-hetero) is 2. The van der Waals surface area contributed by atoms with Crippen molar-refractivity contribution in [1.82, 2.24) is 0 Å². The number of carbonyl (C=O) groups excluding carboxylic acids is 2. The standard InChI is InChI=1S/C15H16N2O4/c1-15(2)7-13(18)12(14(19)8-15)9-16-10-4-3-5-11(6-10)17(20)21/h3-6,9,16H,7-8H2,1-2H3. The van der Waals surface area contributed by atoms with E-state index < -0.39 is 4.92 Å². The third-order valence-electron chi connectivity index (χ3n) is 3.32. The van der Waals surface area contributed by atoms with Gasteiger partial charge >= 0.3 is 0 Å². The number of ketones is 2. The zero-order valence-corrected chi connectivity index (χ0v) is 11.9. The maximum absolute atomic E-state index is 12.0.